The average Bonchev–Trinajstić information content (AvgIpc) is 3.52. The molecule has 0 radical (unpaired) electrons. The van der Waals surface area contributed by atoms with Gasteiger partial charge in [-0.05, 0) is 26.4 Å². The fourth-order valence-corrected chi connectivity index (χ4v) is 4.47. The highest BCUT2D eigenvalue weighted by Crippen LogP contribution is 2.34. The molecule has 1 saturated heterocycles. The number of pyridine rings is 1. The molecular formula is C26H27ClF2N6O3. The number of rotatable bonds is 6. The zero-order valence-electron chi connectivity index (χ0n) is 21.4. The van der Waals surface area contributed by atoms with Crippen LogP contribution >= 0.6 is 11.6 Å². The number of hydrogen-bond acceptors (Lipinski definition) is 7. The van der Waals surface area contributed by atoms with Gasteiger partial charge in [0.25, 0.3) is 0 Å². The van der Waals surface area contributed by atoms with Gasteiger partial charge in [0.1, 0.15) is 17.1 Å². The zero-order valence-corrected chi connectivity index (χ0v) is 22.1. The van der Waals surface area contributed by atoms with Crippen LogP contribution in [0, 0.1) is 23.5 Å². The van der Waals surface area contributed by atoms with Crippen molar-refractivity contribution in [2.75, 3.05) is 53.7 Å². The van der Waals surface area contributed by atoms with E-state index in [1.54, 1.807) is 15.7 Å². The van der Waals surface area contributed by atoms with E-state index in [4.69, 9.17) is 26.8 Å². The molecule has 3 heterocycles. The first-order valence-corrected chi connectivity index (χ1v) is 12.1. The molecule has 12 heteroatoms. The van der Waals surface area contributed by atoms with Crippen molar-refractivity contribution in [3.63, 3.8) is 0 Å². The maximum Gasteiger partial charge on any atom is 0.246 e. The van der Waals surface area contributed by atoms with Gasteiger partial charge in [0, 0.05) is 31.8 Å². The molecule has 0 aliphatic carbocycles. The highest BCUT2D eigenvalue weighted by molar-refractivity contribution is 6.35. The topological polar surface area (TPSA) is 98.7 Å². The Morgan fingerprint density at radius 1 is 1.26 bits per heavy atom. The molecule has 3 aromatic rings. The van der Waals surface area contributed by atoms with Gasteiger partial charge in [-0.2, -0.15) is 5.10 Å². The van der Waals surface area contributed by atoms with E-state index in [0.29, 0.717) is 37.0 Å². The summed E-state index contributed by atoms with van der Waals surface area (Å²) in [6.45, 7) is 1.57. The van der Waals surface area contributed by atoms with Gasteiger partial charge >= 0.3 is 0 Å². The van der Waals surface area contributed by atoms with Gasteiger partial charge in [-0.25, -0.2) is 13.8 Å². The van der Waals surface area contributed by atoms with Gasteiger partial charge in [-0.15, -0.1) is 0 Å². The smallest absolute Gasteiger partial charge is 0.246 e. The second kappa shape index (κ2) is 11.2. The summed E-state index contributed by atoms with van der Waals surface area (Å²) in [6, 6.07) is 0.883. The molecule has 1 aromatic carbocycles. The van der Waals surface area contributed by atoms with Crippen LogP contribution in [0.2, 0.25) is 5.02 Å². The number of carbonyl (C=O) groups excluding carboxylic acids is 1. The maximum absolute atomic E-state index is 14.9. The molecule has 200 valence electrons. The minimum absolute atomic E-state index is 0.101. The van der Waals surface area contributed by atoms with E-state index in [2.05, 4.69) is 21.9 Å². The molecule has 2 N–H and O–H groups in total. The number of ether oxygens (including phenoxy) is 2. The van der Waals surface area contributed by atoms with Crippen molar-refractivity contribution in [2.45, 2.75) is 12.5 Å². The zero-order chi connectivity index (χ0) is 27.6. The van der Waals surface area contributed by atoms with Crippen molar-refractivity contribution in [2.24, 2.45) is 0 Å². The van der Waals surface area contributed by atoms with Crippen molar-refractivity contribution in [1.29, 1.82) is 0 Å². The first kappa shape index (κ1) is 27.2. The summed E-state index contributed by atoms with van der Waals surface area (Å²) >= 11 is 6.49. The van der Waals surface area contributed by atoms with Crippen molar-refractivity contribution >= 4 is 34.2 Å². The summed E-state index contributed by atoms with van der Waals surface area (Å²) in [6.07, 6.45) is 5.39. The largest absolute Gasteiger partial charge is 0.493 e. The lowest BCUT2D eigenvalue weighted by molar-refractivity contribution is -0.125. The van der Waals surface area contributed by atoms with Crippen LogP contribution in [0.3, 0.4) is 0 Å². The molecular weight excluding hydrogens is 518 g/mol. The third-order valence-corrected chi connectivity index (χ3v) is 6.42. The third kappa shape index (κ3) is 5.23. The SMILES string of the molecule is COc1cc(OC)c(F)c(C#Cc2nn(C3CCN(C(=O)/C=C/CN(C)C)C3)c3c(Cl)cnc(N)c23)c1F. The first-order chi connectivity index (χ1) is 18.2. The Labute approximate surface area is 223 Å². The third-order valence-electron chi connectivity index (χ3n) is 6.14. The van der Waals surface area contributed by atoms with Gasteiger partial charge < -0.3 is 25.0 Å². The van der Waals surface area contributed by atoms with E-state index >= 15 is 0 Å². The van der Waals surface area contributed by atoms with E-state index in [-0.39, 0.29) is 40.0 Å². The van der Waals surface area contributed by atoms with E-state index in [1.807, 2.05) is 25.1 Å². The van der Waals surface area contributed by atoms with Crippen LogP contribution in [-0.4, -0.2) is 78.4 Å². The fourth-order valence-electron chi connectivity index (χ4n) is 4.24. The quantitative estimate of drug-likeness (QED) is 0.376. The molecule has 0 saturated carbocycles. The first-order valence-electron chi connectivity index (χ1n) is 11.7. The number of halogens is 3. The molecule has 4 rings (SSSR count). The monoisotopic (exact) mass is 544 g/mol. The average molecular weight is 545 g/mol. The molecule has 1 amide bonds. The van der Waals surface area contributed by atoms with Crippen LogP contribution in [-0.2, 0) is 4.79 Å². The highest BCUT2D eigenvalue weighted by Gasteiger charge is 2.30. The second-order valence-corrected chi connectivity index (χ2v) is 9.34. The number of nitrogens with zero attached hydrogens (tertiary/aromatic N) is 5. The Morgan fingerprint density at radius 3 is 2.58 bits per heavy atom. The predicted molar refractivity (Wildman–Crippen MR) is 140 cm³/mol. The number of amides is 1. The van der Waals surface area contributed by atoms with Crippen LogP contribution < -0.4 is 15.2 Å². The number of carbonyl (C=O) groups is 1. The lowest BCUT2D eigenvalue weighted by Gasteiger charge is -2.16. The highest BCUT2D eigenvalue weighted by atomic mass is 35.5. The standard InChI is InChI=1S/C26H27ClF2N6O3/c1-33(2)10-5-6-21(36)34-11-9-15(14-34)35-25-17(27)13-31-26(30)22(25)18(32-35)8-7-16-23(28)19(37-3)12-20(38-4)24(16)29/h5-6,12-13,15H,9-11,14H2,1-4H3,(H2,30,31)/b6-5+. The molecule has 0 bridgehead atoms. The summed E-state index contributed by atoms with van der Waals surface area (Å²) in [5.74, 6) is 2.86. The van der Waals surface area contributed by atoms with Gasteiger partial charge in [0.05, 0.1) is 42.4 Å². The Kier molecular flexibility index (Phi) is 8.04. The summed E-state index contributed by atoms with van der Waals surface area (Å²) < 4.78 is 41.3. The van der Waals surface area contributed by atoms with E-state index < -0.39 is 17.2 Å². The van der Waals surface area contributed by atoms with Crippen LogP contribution in [0.1, 0.15) is 23.7 Å². The lowest BCUT2D eigenvalue weighted by atomic mass is 10.1. The number of likely N-dealkylation sites (tertiary alicyclic amines) is 1. The van der Waals surface area contributed by atoms with Gasteiger partial charge in [-0.3, -0.25) is 9.48 Å². The van der Waals surface area contributed by atoms with Crippen LogP contribution in [0.5, 0.6) is 11.5 Å². The number of aromatic nitrogens is 3. The number of anilines is 1. The number of likely N-dealkylation sites (N-methyl/N-ethyl adjacent to an activating group) is 1. The normalized spacial score (nSPS) is 15.4. The minimum atomic E-state index is -0.974. The number of hydrogen-bond donors (Lipinski definition) is 1. The molecule has 1 aliphatic heterocycles. The fraction of sp³-hybridized carbons (Fsp3) is 0.346. The number of nitrogens with two attached hydrogens (primary N) is 1. The lowest BCUT2D eigenvalue weighted by Crippen LogP contribution is -2.27. The van der Waals surface area contributed by atoms with E-state index in [9.17, 15) is 13.6 Å². The Bertz CT molecular complexity index is 1450. The molecule has 0 spiro atoms. The van der Waals surface area contributed by atoms with Gasteiger partial charge in [0.2, 0.25) is 5.91 Å². The number of fused-ring (bicyclic) bond motifs is 1. The number of nitrogen functional groups attached to an aromatic ring is 1. The summed E-state index contributed by atoms with van der Waals surface area (Å²) in [5, 5.41) is 5.24. The molecule has 9 nitrogen and oxygen atoms in total. The van der Waals surface area contributed by atoms with E-state index in [0.717, 1.165) is 6.07 Å². The van der Waals surface area contributed by atoms with Crippen molar-refractivity contribution in [1.82, 2.24) is 24.6 Å². The van der Waals surface area contributed by atoms with Crippen LogP contribution in [0.4, 0.5) is 14.6 Å². The molecule has 1 fully saturated rings. The van der Waals surface area contributed by atoms with E-state index in [1.165, 1.54) is 20.4 Å². The van der Waals surface area contributed by atoms with Crippen LogP contribution in [0.25, 0.3) is 10.9 Å². The Morgan fingerprint density at radius 2 is 1.95 bits per heavy atom. The summed E-state index contributed by atoms with van der Waals surface area (Å²) in [4.78, 5) is 20.4. The van der Waals surface area contributed by atoms with Gasteiger partial charge in [0.15, 0.2) is 23.1 Å². The Hall–Kier alpha value is -3.88. The van der Waals surface area contributed by atoms with Crippen molar-refractivity contribution in [3.8, 4) is 23.3 Å². The van der Waals surface area contributed by atoms with Gasteiger partial charge in [-0.1, -0.05) is 23.6 Å². The minimum Gasteiger partial charge on any atom is -0.493 e. The Balaban J connectivity index is 1.74. The maximum atomic E-state index is 14.9. The summed E-state index contributed by atoms with van der Waals surface area (Å²) in [5.41, 5.74) is 6.24. The van der Waals surface area contributed by atoms with Crippen molar-refractivity contribution in [3.05, 3.63) is 52.3 Å². The molecule has 1 aliphatic rings. The molecule has 2 aromatic heterocycles. The number of methoxy groups -OCH3 is 2. The molecule has 1 unspecified atom stereocenters. The van der Waals surface area contributed by atoms with Crippen molar-refractivity contribution < 1.29 is 23.0 Å². The molecule has 1 atom stereocenters. The second-order valence-electron chi connectivity index (χ2n) is 8.93. The number of benzene rings is 1. The molecule has 38 heavy (non-hydrogen) atoms. The predicted octanol–water partition coefficient (Wildman–Crippen LogP) is 3.25. The van der Waals surface area contributed by atoms with Crippen LogP contribution in [0.15, 0.2) is 24.4 Å². The summed E-state index contributed by atoms with van der Waals surface area (Å²) in [7, 11) is 6.35.